The van der Waals surface area contributed by atoms with E-state index in [1.54, 1.807) is 30.5 Å². The lowest BCUT2D eigenvalue weighted by molar-refractivity contribution is 0.475. The molecule has 2 rings (SSSR count). The van der Waals surface area contributed by atoms with Crippen LogP contribution in [0.15, 0.2) is 36.5 Å². The number of rotatable bonds is 2. The molecule has 0 bridgehead atoms. The van der Waals surface area contributed by atoms with Crippen molar-refractivity contribution in [2.24, 2.45) is 5.73 Å². The van der Waals surface area contributed by atoms with E-state index in [0.29, 0.717) is 12.4 Å². The number of nitrogens with two attached hydrogens (primary N) is 1. The van der Waals surface area contributed by atoms with Crippen molar-refractivity contribution in [3.8, 4) is 17.0 Å². The van der Waals surface area contributed by atoms with Crippen LogP contribution in [0, 0.1) is 0 Å². The van der Waals surface area contributed by atoms with Gasteiger partial charge >= 0.3 is 0 Å². The molecular formula is C11H12ClN3O. The van der Waals surface area contributed by atoms with Gasteiger partial charge in [0.1, 0.15) is 11.6 Å². The minimum Gasteiger partial charge on any atom is -0.508 e. The summed E-state index contributed by atoms with van der Waals surface area (Å²) in [6.07, 6.45) is 1.66. The Hall–Kier alpha value is -1.65. The summed E-state index contributed by atoms with van der Waals surface area (Å²) in [6.45, 7) is 0.312. The van der Waals surface area contributed by atoms with Gasteiger partial charge < -0.3 is 10.8 Å². The van der Waals surface area contributed by atoms with E-state index in [-0.39, 0.29) is 18.2 Å². The molecule has 84 valence electrons. The minimum atomic E-state index is 0. The van der Waals surface area contributed by atoms with E-state index in [0.717, 1.165) is 11.3 Å². The maximum Gasteiger partial charge on any atom is 0.142 e. The number of phenols is 1. The van der Waals surface area contributed by atoms with E-state index in [1.165, 1.54) is 0 Å². The highest BCUT2D eigenvalue weighted by Gasteiger charge is 2.01. The number of nitrogens with zero attached hydrogens (tertiary/aromatic N) is 2. The van der Waals surface area contributed by atoms with Gasteiger partial charge in [0.15, 0.2) is 0 Å². The average molecular weight is 238 g/mol. The first-order chi connectivity index (χ1) is 7.29. The van der Waals surface area contributed by atoms with Crippen molar-refractivity contribution in [2.45, 2.75) is 6.54 Å². The zero-order chi connectivity index (χ0) is 10.7. The van der Waals surface area contributed by atoms with E-state index < -0.39 is 0 Å². The maximum absolute atomic E-state index is 9.33. The first kappa shape index (κ1) is 12.4. The second kappa shape index (κ2) is 5.44. The molecule has 0 unspecified atom stereocenters. The van der Waals surface area contributed by atoms with Gasteiger partial charge in [-0.15, -0.1) is 12.4 Å². The highest BCUT2D eigenvalue weighted by molar-refractivity contribution is 5.85. The first-order valence-corrected chi connectivity index (χ1v) is 4.61. The predicted molar refractivity (Wildman–Crippen MR) is 64.3 cm³/mol. The molecule has 0 saturated carbocycles. The summed E-state index contributed by atoms with van der Waals surface area (Å²) in [5.74, 6) is 0.816. The highest BCUT2D eigenvalue weighted by Crippen LogP contribution is 2.20. The number of aromatic hydroxyl groups is 1. The summed E-state index contributed by atoms with van der Waals surface area (Å²) < 4.78 is 0. The van der Waals surface area contributed by atoms with Gasteiger partial charge in [-0.1, -0.05) is 12.1 Å². The van der Waals surface area contributed by atoms with Crippen molar-refractivity contribution in [3.05, 3.63) is 42.4 Å². The van der Waals surface area contributed by atoms with Crippen LogP contribution in [0.5, 0.6) is 5.75 Å². The van der Waals surface area contributed by atoms with Crippen molar-refractivity contribution in [1.29, 1.82) is 0 Å². The molecule has 0 atom stereocenters. The second-order valence-electron chi connectivity index (χ2n) is 3.11. The molecule has 0 aliphatic carbocycles. The van der Waals surface area contributed by atoms with Crippen LogP contribution in [0.2, 0.25) is 0 Å². The topological polar surface area (TPSA) is 72.0 Å². The Morgan fingerprint density at radius 2 is 2.06 bits per heavy atom. The molecule has 0 saturated heterocycles. The molecule has 5 heteroatoms. The van der Waals surface area contributed by atoms with Gasteiger partial charge in [-0.05, 0) is 18.2 Å². The Morgan fingerprint density at radius 1 is 1.25 bits per heavy atom. The molecule has 16 heavy (non-hydrogen) atoms. The summed E-state index contributed by atoms with van der Waals surface area (Å²) in [6, 6.07) is 8.71. The van der Waals surface area contributed by atoms with Crippen molar-refractivity contribution in [3.63, 3.8) is 0 Å². The largest absolute Gasteiger partial charge is 0.508 e. The normalized spacial score (nSPS) is 9.56. The van der Waals surface area contributed by atoms with Crippen molar-refractivity contribution < 1.29 is 5.11 Å². The highest BCUT2D eigenvalue weighted by atomic mass is 35.5. The SMILES string of the molecule is Cl.NCc1nccc(-c2cccc(O)c2)n1. The molecule has 1 aromatic heterocycles. The average Bonchev–Trinajstić information content (AvgIpc) is 2.29. The molecule has 0 aliphatic rings. The quantitative estimate of drug-likeness (QED) is 0.835. The summed E-state index contributed by atoms with van der Waals surface area (Å²) in [4.78, 5) is 8.26. The van der Waals surface area contributed by atoms with E-state index in [4.69, 9.17) is 5.73 Å². The molecule has 0 amide bonds. The summed E-state index contributed by atoms with van der Waals surface area (Å²) in [7, 11) is 0. The van der Waals surface area contributed by atoms with Gasteiger partial charge in [-0.2, -0.15) is 0 Å². The number of halogens is 1. The third kappa shape index (κ3) is 2.68. The van der Waals surface area contributed by atoms with E-state index in [9.17, 15) is 5.11 Å². The number of hydrogen-bond donors (Lipinski definition) is 2. The number of benzene rings is 1. The summed E-state index contributed by atoms with van der Waals surface area (Å²) in [5, 5.41) is 9.33. The summed E-state index contributed by atoms with van der Waals surface area (Å²) >= 11 is 0. The van der Waals surface area contributed by atoms with Crippen molar-refractivity contribution >= 4 is 12.4 Å². The molecular weight excluding hydrogens is 226 g/mol. The van der Waals surface area contributed by atoms with Crippen LogP contribution in [0.3, 0.4) is 0 Å². The van der Waals surface area contributed by atoms with Crippen LogP contribution in [0.4, 0.5) is 0 Å². The Morgan fingerprint density at radius 3 is 2.75 bits per heavy atom. The molecule has 2 aromatic rings. The lowest BCUT2D eigenvalue weighted by Crippen LogP contribution is -2.02. The molecule has 0 radical (unpaired) electrons. The van der Waals surface area contributed by atoms with Gasteiger partial charge in [-0.25, -0.2) is 9.97 Å². The van der Waals surface area contributed by atoms with Crippen molar-refractivity contribution in [1.82, 2.24) is 9.97 Å². The standard InChI is InChI=1S/C11H11N3O.ClH/c12-7-11-13-5-4-10(14-11)8-2-1-3-9(15)6-8;/h1-6,15H,7,12H2;1H. The fourth-order valence-corrected chi connectivity index (χ4v) is 1.32. The lowest BCUT2D eigenvalue weighted by Gasteiger charge is -2.02. The smallest absolute Gasteiger partial charge is 0.142 e. The molecule has 4 nitrogen and oxygen atoms in total. The monoisotopic (exact) mass is 237 g/mol. The first-order valence-electron chi connectivity index (χ1n) is 4.61. The van der Waals surface area contributed by atoms with E-state index >= 15 is 0 Å². The minimum absolute atomic E-state index is 0. The molecule has 3 N–H and O–H groups in total. The van der Waals surface area contributed by atoms with Gasteiger partial charge in [-0.3, -0.25) is 0 Å². The van der Waals surface area contributed by atoms with Crippen LogP contribution in [0.25, 0.3) is 11.3 Å². The number of hydrogen-bond acceptors (Lipinski definition) is 4. The van der Waals surface area contributed by atoms with Crippen LogP contribution in [-0.4, -0.2) is 15.1 Å². The second-order valence-corrected chi connectivity index (χ2v) is 3.11. The maximum atomic E-state index is 9.33. The Labute approximate surface area is 99.6 Å². The van der Waals surface area contributed by atoms with E-state index in [1.807, 2.05) is 6.07 Å². The molecule has 1 aromatic carbocycles. The fourth-order valence-electron chi connectivity index (χ4n) is 1.32. The van der Waals surface area contributed by atoms with Gasteiger partial charge in [0.25, 0.3) is 0 Å². The Balaban J connectivity index is 0.00000128. The third-order valence-corrected chi connectivity index (χ3v) is 2.03. The van der Waals surface area contributed by atoms with Crippen LogP contribution in [0.1, 0.15) is 5.82 Å². The zero-order valence-electron chi connectivity index (χ0n) is 8.50. The number of aromatic nitrogens is 2. The van der Waals surface area contributed by atoms with Crippen LogP contribution in [-0.2, 0) is 6.54 Å². The summed E-state index contributed by atoms with van der Waals surface area (Å²) in [5.41, 5.74) is 7.07. The molecule has 0 aliphatic heterocycles. The third-order valence-electron chi connectivity index (χ3n) is 2.03. The van der Waals surface area contributed by atoms with Crippen LogP contribution >= 0.6 is 12.4 Å². The Kier molecular flexibility index (Phi) is 4.22. The molecule has 1 heterocycles. The van der Waals surface area contributed by atoms with Crippen LogP contribution < -0.4 is 5.73 Å². The molecule has 0 fully saturated rings. The fraction of sp³-hybridized carbons (Fsp3) is 0.0909. The molecule has 0 spiro atoms. The predicted octanol–water partition coefficient (Wildman–Crippen LogP) is 1.73. The van der Waals surface area contributed by atoms with Gasteiger partial charge in [0, 0.05) is 11.8 Å². The Bertz CT molecular complexity index is 476. The zero-order valence-corrected chi connectivity index (χ0v) is 9.31. The lowest BCUT2D eigenvalue weighted by atomic mass is 10.1. The van der Waals surface area contributed by atoms with Gasteiger partial charge in [0.2, 0.25) is 0 Å². The number of phenolic OH excluding ortho intramolecular Hbond substituents is 1. The van der Waals surface area contributed by atoms with Crippen molar-refractivity contribution in [2.75, 3.05) is 0 Å². The van der Waals surface area contributed by atoms with E-state index in [2.05, 4.69) is 9.97 Å². The van der Waals surface area contributed by atoms with Gasteiger partial charge in [0.05, 0.1) is 12.2 Å².